The minimum Gasteiger partial charge on any atom is -0.378 e. The molecule has 0 fully saturated rings. The maximum atomic E-state index is 5.30. The quantitative estimate of drug-likeness (QED) is 0.384. The number of anilines is 2. The molecule has 3 rings (SSSR count). The molecule has 3 aromatic rings. The first-order valence-electron chi connectivity index (χ1n) is 8.93. The lowest BCUT2D eigenvalue weighted by Gasteiger charge is -2.13. The van der Waals surface area contributed by atoms with E-state index in [0.29, 0.717) is 5.11 Å². The van der Waals surface area contributed by atoms with Gasteiger partial charge in [0.1, 0.15) is 0 Å². The highest BCUT2D eigenvalue weighted by Gasteiger charge is 2.05. The third-order valence-corrected chi connectivity index (χ3v) is 4.52. The third-order valence-electron chi connectivity index (χ3n) is 4.32. The van der Waals surface area contributed by atoms with Gasteiger partial charge in [0, 0.05) is 31.7 Å². The van der Waals surface area contributed by atoms with Crippen LogP contribution in [0.4, 0.5) is 11.4 Å². The van der Waals surface area contributed by atoms with Gasteiger partial charge in [0.25, 0.3) is 0 Å². The van der Waals surface area contributed by atoms with Crippen LogP contribution >= 0.6 is 12.2 Å². The fourth-order valence-electron chi connectivity index (χ4n) is 2.77. The molecule has 0 bridgehead atoms. The molecule has 2 aromatic carbocycles. The molecule has 0 unspecified atom stereocenters. The maximum Gasteiger partial charge on any atom is 0.191 e. The Hall–Kier alpha value is -3.25. The summed E-state index contributed by atoms with van der Waals surface area (Å²) >= 11 is 5.30. The number of nitrogens with one attached hydrogen (secondary N) is 2. The number of benzene rings is 2. The van der Waals surface area contributed by atoms with Gasteiger partial charge in [0.05, 0.1) is 11.9 Å². The molecular formula is C22H23N5S. The second kappa shape index (κ2) is 9.10. The van der Waals surface area contributed by atoms with Crippen molar-refractivity contribution in [1.29, 1.82) is 0 Å². The fraction of sp³-hybridized carbons (Fsp3) is 0.136. The molecule has 0 atom stereocenters. The van der Waals surface area contributed by atoms with Crippen LogP contribution in [0.25, 0.3) is 11.1 Å². The first-order chi connectivity index (χ1) is 13.5. The minimum atomic E-state index is 0.422. The van der Waals surface area contributed by atoms with Crippen molar-refractivity contribution < 1.29 is 0 Å². The Morgan fingerprint density at radius 3 is 2.43 bits per heavy atom. The van der Waals surface area contributed by atoms with Crippen LogP contribution in [0.3, 0.4) is 0 Å². The predicted octanol–water partition coefficient (Wildman–Crippen LogP) is 4.44. The number of hydrogen-bond donors (Lipinski definition) is 2. The van der Waals surface area contributed by atoms with Gasteiger partial charge in [-0.05, 0) is 66.2 Å². The molecule has 0 spiro atoms. The van der Waals surface area contributed by atoms with Crippen molar-refractivity contribution in [3.05, 3.63) is 78.1 Å². The number of thiocarbonyl (C=S) groups is 1. The van der Waals surface area contributed by atoms with Gasteiger partial charge in [-0.1, -0.05) is 30.3 Å². The van der Waals surface area contributed by atoms with E-state index < -0.39 is 0 Å². The van der Waals surface area contributed by atoms with Crippen LogP contribution in [0.1, 0.15) is 11.3 Å². The van der Waals surface area contributed by atoms with E-state index in [-0.39, 0.29) is 0 Å². The van der Waals surface area contributed by atoms with Crippen molar-refractivity contribution in [2.24, 2.45) is 5.10 Å². The van der Waals surface area contributed by atoms with Crippen LogP contribution in [0.5, 0.6) is 0 Å². The summed E-state index contributed by atoms with van der Waals surface area (Å²) in [7, 11) is 4.01. The molecule has 0 aliphatic rings. The zero-order chi connectivity index (χ0) is 19.9. The van der Waals surface area contributed by atoms with Gasteiger partial charge in [-0.2, -0.15) is 5.10 Å². The molecule has 0 amide bonds. The van der Waals surface area contributed by atoms with Crippen LogP contribution < -0.4 is 15.6 Å². The Morgan fingerprint density at radius 2 is 1.75 bits per heavy atom. The fourth-order valence-corrected chi connectivity index (χ4v) is 2.94. The van der Waals surface area contributed by atoms with Gasteiger partial charge in [-0.3, -0.25) is 10.4 Å². The Bertz CT molecular complexity index is 966. The monoisotopic (exact) mass is 389 g/mol. The van der Waals surface area contributed by atoms with Crippen molar-refractivity contribution in [3.63, 3.8) is 0 Å². The summed E-state index contributed by atoms with van der Waals surface area (Å²) in [5.41, 5.74) is 9.03. The molecule has 6 heteroatoms. The normalized spacial score (nSPS) is 10.7. The maximum absolute atomic E-state index is 5.30. The average Bonchev–Trinajstić information content (AvgIpc) is 2.70. The lowest BCUT2D eigenvalue weighted by molar-refractivity contribution is 1.04. The van der Waals surface area contributed by atoms with Crippen LogP contribution in [0, 0.1) is 6.92 Å². The molecule has 0 aliphatic carbocycles. The Labute approximate surface area is 171 Å². The number of hydrogen-bond acceptors (Lipinski definition) is 4. The molecule has 2 N–H and O–H groups in total. The van der Waals surface area contributed by atoms with E-state index in [0.717, 1.165) is 33.8 Å². The molecule has 0 aliphatic heterocycles. The largest absolute Gasteiger partial charge is 0.378 e. The van der Waals surface area contributed by atoms with E-state index >= 15 is 0 Å². The van der Waals surface area contributed by atoms with E-state index in [2.05, 4.69) is 33.0 Å². The van der Waals surface area contributed by atoms with Crippen molar-refractivity contribution in [2.45, 2.75) is 6.92 Å². The van der Waals surface area contributed by atoms with Crippen LogP contribution in [-0.2, 0) is 0 Å². The van der Waals surface area contributed by atoms with E-state index in [9.17, 15) is 0 Å². The van der Waals surface area contributed by atoms with Crippen molar-refractivity contribution >= 4 is 34.9 Å². The predicted molar refractivity (Wildman–Crippen MR) is 122 cm³/mol. The minimum absolute atomic E-state index is 0.422. The Kier molecular flexibility index (Phi) is 6.34. The molecule has 0 radical (unpaired) electrons. The molecule has 1 heterocycles. The molecule has 28 heavy (non-hydrogen) atoms. The van der Waals surface area contributed by atoms with Crippen molar-refractivity contribution in [3.8, 4) is 11.1 Å². The first-order valence-corrected chi connectivity index (χ1v) is 9.34. The summed E-state index contributed by atoms with van der Waals surface area (Å²) in [5, 5.41) is 7.77. The van der Waals surface area contributed by atoms with Gasteiger partial charge in [0.2, 0.25) is 0 Å². The number of nitrogens with zero attached hydrogens (tertiary/aromatic N) is 3. The second-order valence-corrected chi connectivity index (χ2v) is 6.91. The highest BCUT2D eigenvalue weighted by molar-refractivity contribution is 7.80. The number of pyridine rings is 1. The van der Waals surface area contributed by atoms with Gasteiger partial charge in [-0.15, -0.1) is 0 Å². The Morgan fingerprint density at radius 1 is 1.04 bits per heavy atom. The van der Waals surface area contributed by atoms with Crippen molar-refractivity contribution in [2.75, 3.05) is 24.3 Å². The summed E-state index contributed by atoms with van der Waals surface area (Å²) in [4.78, 5) is 6.46. The third kappa shape index (κ3) is 4.92. The van der Waals surface area contributed by atoms with E-state index in [1.165, 1.54) is 0 Å². The van der Waals surface area contributed by atoms with Crippen molar-refractivity contribution in [1.82, 2.24) is 10.4 Å². The number of rotatable bonds is 5. The lowest BCUT2D eigenvalue weighted by atomic mass is 10.0. The summed E-state index contributed by atoms with van der Waals surface area (Å²) in [6.07, 6.45) is 3.48. The van der Waals surface area contributed by atoms with Crippen LogP contribution in [0.15, 0.2) is 72.0 Å². The Balaban J connectivity index is 1.63. The highest BCUT2D eigenvalue weighted by Crippen LogP contribution is 2.23. The highest BCUT2D eigenvalue weighted by atomic mass is 32.1. The number of hydrazone groups is 1. The van der Waals surface area contributed by atoms with Gasteiger partial charge >= 0.3 is 0 Å². The summed E-state index contributed by atoms with van der Waals surface area (Å²) < 4.78 is 0. The lowest BCUT2D eigenvalue weighted by Crippen LogP contribution is -2.24. The van der Waals surface area contributed by atoms with Crippen LogP contribution in [-0.4, -0.2) is 30.4 Å². The zero-order valence-corrected chi connectivity index (χ0v) is 17.0. The summed E-state index contributed by atoms with van der Waals surface area (Å²) in [5.74, 6) is 0. The van der Waals surface area contributed by atoms with Gasteiger partial charge in [0.15, 0.2) is 5.11 Å². The average molecular weight is 390 g/mol. The smallest absolute Gasteiger partial charge is 0.191 e. The molecule has 1 aromatic heterocycles. The molecular weight excluding hydrogens is 366 g/mol. The van der Waals surface area contributed by atoms with E-state index in [4.69, 9.17) is 12.2 Å². The van der Waals surface area contributed by atoms with E-state index in [1.807, 2.05) is 74.4 Å². The summed E-state index contributed by atoms with van der Waals surface area (Å²) in [6.45, 7) is 2.04. The molecule has 0 saturated heterocycles. The van der Waals surface area contributed by atoms with E-state index in [1.54, 1.807) is 12.4 Å². The van der Waals surface area contributed by atoms with Crippen LogP contribution in [0.2, 0.25) is 0 Å². The van der Waals surface area contributed by atoms with Gasteiger partial charge < -0.3 is 10.2 Å². The SMILES string of the molecule is Cc1c(-c2ccccc2)ccnc1/C=N/NC(=S)Nc1ccc(N(C)C)cc1. The molecule has 5 nitrogen and oxygen atoms in total. The first kappa shape index (κ1) is 19.5. The zero-order valence-electron chi connectivity index (χ0n) is 16.2. The standard InChI is InChI=1S/C22H23N5S/c1-16-20(17-7-5-4-6-8-17)13-14-23-21(16)15-24-26-22(28)25-18-9-11-19(12-10-18)27(2)3/h4-15H,1-3H3,(H2,25,26,28)/b24-15+. The van der Waals surface area contributed by atoms with Gasteiger partial charge in [-0.25, -0.2) is 0 Å². The number of aromatic nitrogens is 1. The second-order valence-electron chi connectivity index (χ2n) is 6.50. The molecule has 142 valence electrons. The molecule has 0 saturated carbocycles. The summed E-state index contributed by atoms with van der Waals surface area (Å²) in [6, 6.07) is 20.2. The topological polar surface area (TPSA) is 52.6 Å².